The summed E-state index contributed by atoms with van der Waals surface area (Å²) in [4.78, 5) is 25.9. The van der Waals surface area contributed by atoms with Crippen LogP contribution in [0.25, 0.3) is 11.0 Å². The molecule has 1 aliphatic carbocycles. The van der Waals surface area contributed by atoms with Gasteiger partial charge in [0.1, 0.15) is 11.6 Å². The van der Waals surface area contributed by atoms with E-state index in [2.05, 4.69) is 0 Å². The van der Waals surface area contributed by atoms with Gasteiger partial charge in [-0.2, -0.15) is 0 Å². The predicted molar refractivity (Wildman–Crippen MR) is 84.5 cm³/mol. The van der Waals surface area contributed by atoms with Gasteiger partial charge in [-0.15, -0.1) is 0 Å². The van der Waals surface area contributed by atoms with Crippen molar-refractivity contribution in [1.82, 2.24) is 4.90 Å². The summed E-state index contributed by atoms with van der Waals surface area (Å²) in [5.74, 6) is -0.742. The number of carboxylic acid groups (broad SMARTS) is 1. The molecule has 0 spiro atoms. The van der Waals surface area contributed by atoms with Crippen molar-refractivity contribution >= 4 is 34.4 Å². The maximum atomic E-state index is 12.8. The first-order valence-corrected chi connectivity index (χ1v) is 8.15. The Morgan fingerprint density at radius 2 is 2.09 bits per heavy atom. The van der Waals surface area contributed by atoms with Gasteiger partial charge in [0, 0.05) is 17.0 Å². The maximum Gasteiger partial charge on any atom is 0.326 e. The SMILES string of the molecule is O=C(O)C1C2CCCC2CN1C(=O)c1cc2cc(Cl)ccc2o1. The van der Waals surface area contributed by atoms with Gasteiger partial charge in [-0.1, -0.05) is 18.0 Å². The van der Waals surface area contributed by atoms with Crippen LogP contribution >= 0.6 is 11.6 Å². The van der Waals surface area contributed by atoms with E-state index in [9.17, 15) is 14.7 Å². The first kappa shape index (κ1) is 14.6. The molecule has 2 aliphatic rings. The maximum absolute atomic E-state index is 12.8. The van der Waals surface area contributed by atoms with Gasteiger partial charge < -0.3 is 14.4 Å². The number of likely N-dealkylation sites (tertiary alicyclic amines) is 1. The van der Waals surface area contributed by atoms with E-state index in [1.54, 1.807) is 24.3 Å². The molecule has 1 amide bonds. The van der Waals surface area contributed by atoms with E-state index in [-0.39, 0.29) is 17.6 Å². The molecule has 120 valence electrons. The fraction of sp³-hybridized carbons (Fsp3) is 0.412. The smallest absolute Gasteiger partial charge is 0.326 e. The number of carbonyl (C=O) groups excluding carboxylic acids is 1. The molecule has 2 fully saturated rings. The molecule has 3 unspecified atom stereocenters. The number of hydrogen-bond acceptors (Lipinski definition) is 3. The van der Waals surface area contributed by atoms with Crippen LogP contribution in [0, 0.1) is 11.8 Å². The molecule has 1 aromatic heterocycles. The van der Waals surface area contributed by atoms with Crippen LogP contribution in [-0.2, 0) is 4.79 Å². The predicted octanol–water partition coefficient (Wildman–Crippen LogP) is 3.41. The molecule has 4 rings (SSSR count). The second-order valence-corrected chi connectivity index (χ2v) is 6.82. The van der Waals surface area contributed by atoms with Gasteiger partial charge in [0.15, 0.2) is 5.76 Å². The Hall–Kier alpha value is -2.01. The van der Waals surface area contributed by atoms with Crippen molar-refractivity contribution in [1.29, 1.82) is 0 Å². The minimum absolute atomic E-state index is 0.0651. The summed E-state index contributed by atoms with van der Waals surface area (Å²) in [7, 11) is 0. The van der Waals surface area contributed by atoms with E-state index >= 15 is 0 Å². The molecule has 23 heavy (non-hydrogen) atoms. The molecular weight excluding hydrogens is 318 g/mol. The zero-order chi connectivity index (χ0) is 16.1. The number of aliphatic carboxylic acids is 1. The Morgan fingerprint density at radius 1 is 1.26 bits per heavy atom. The van der Waals surface area contributed by atoms with Gasteiger partial charge in [0.2, 0.25) is 0 Å². The number of fused-ring (bicyclic) bond motifs is 2. The van der Waals surface area contributed by atoms with Crippen LogP contribution in [0.2, 0.25) is 5.02 Å². The molecule has 1 aliphatic heterocycles. The Bertz CT molecular complexity index is 799. The third kappa shape index (κ3) is 2.30. The molecular formula is C17H16ClNO4. The Balaban J connectivity index is 1.68. The molecule has 1 saturated heterocycles. The highest BCUT2D eigenvalue weighted by molar-refractivity contribution is 6.31. The summed E-state index contributed by atoms with van der Waals surface area (Å²) in [6, 6.07) is 6.03. The summed E-state index contributed by atoms with van der Waals surface area (Å²) in [5.41, 5.74) is 0.573. The van der Waals surface area contributed by atoms with Gasteiger partial charge in [-0.25, -0.2) is 4.79 Å². The van der Waals surface area contributed by atoms with E-state index < -0.39 is 12.0 Å². The molecule has 6 heteroatoms. The van der Waals surface area contributed by atoms with E-state index in [0.29, 0.717) is 23.1 Å². The topological polar surface area (TPSA) is 70.8 Å². The number of carboxylic acids is 1. The van der Waals surface area contributed by atoms with Crippen LogP contribution in [0.5, 0.6) is 0 Å². The van der Waals surface area contributed by atoms with E-state index in [1.807, 2.05) is 0 Å². The lowest BCUT2D eigenvalue weighted by atomic mass is 9.94. The minimum Gasteiger partial charge on any atom is -0.480 e. The number of nitrogens with zero attached hydrogens (tertiary/aromatic N) is 1. The van der Waals surface area contributed by atoms with Crippen LogP contribution in [0.3, 0.4) is 0 Å². The second kappa shape index (κ2) is 5.27. The second-order valence-electron chi connectivity index (χ2n) is 6.39. The number of carbonyl (C=O) groups is 2. The molecule has 1 aromatic carbocycles. The molecule has 3 atom stereocenters. The van der Waals surface area contributed by atoms with Gasteiger partial charge in [0.05, 0.1) is 0 Å². The lowest BCUT2D eigenvalue weighted by molar-refractivity contribution is -0.142. The number of halogens is 1. The van der Waals surface area contributed by atoms with Crippen LogP contribution in [0.4, 0.5) is 0 Å². The van der Waals surface area contributed by atoms with E-state index in [4.69, 9.17) is 16.0 Å². The average molecular weight is 334 g/mol. The zero-order valence-electron chi connectivity index (χ0n) is 12.4. The Kier molecular flexibility index (Phi) is 3.34. The third-order valence-electron chi connectivity index (χ3n) is 5.09. The summed E-state index contributed by atoms with van der Waals surface area (Å²) in [6.07, 6.45) is 2.92. The van der Waals surface area contributed by atoms with Crippen molar-refractivity contribution in [2.45, 2.75) is 25.3 Å². The Labute approximate surface area is 137 Å². The van der Waals surface area contributed by atoms with Crippen LogP contribution in [0.1, 0.15) is 29.8 Å². The number of rotatable bonds is 2. The standard InChI is InChI=1S/C17H16ClNO4/c18-11-4-5-13-10(6-11)7-14(23-13)16(20)19-8-9-2-1-3-12(9)15(19)17(21)22/h4-7,9,12,15H,1-3,8H2,(H,21,22). The van der Waals surface area contributed by atoms with Crippen molar-refractivity contribution in [2.75, 3.05) is 6.54 Å². The van der Waals surface area contributed by atoms with Crippen molar-refractivity contribution in [3.8, 4) is 0 Å². The fourth-order valence-electron chi connectivity index (χ4n) is 4.09. The van der Waals surface area contributed by atoms with Crippen molar-refractivity contribution in [3.63, 3.8) is 0 Å². The zero-order valence-corrected chi connectivity index (χ0v) is 13.1. The highest BCUT2D eigenvalue weighted by atomic mass is 35.5. The minimum atomic E-state index is -0.924. The van der Waals surface area contributed by atoms with E-state index in [1.165, 1.54) is 4.90 Å². The highest BCUT2D eigenvalue weighted by Crippen LogP contribution is 2.43. The molecule has 5 nitrogen and oxygen atoms in total. The highest BCUT2D eigenvalue weighted by Gasteiger charge is 2.50. The lowest BCUT2D eigenvalue weighted by Gasteiger charge is -2.23. The van der Waals surface area contributed by atoms with E-state index in [0.717, 1.165) is 24.6 Å². The van der Waals surface area contributed by atoms with Crippen molar-refractivity contribution < 1.29 is 19.1 Å². The van der Waals surface area contributed by atoms with Crippen molar-refractivity contribution in [3.05, 3.63) is 35.0 Å². The average Bonchev–Trinajstić information content (AvgIpc) is 3.18. The molecule has 2 heterocycles. The first-order chi connectivity index (χ1) is 11.0. The number of benzene rings is 1. The number of hydrogen-bond donors (Lipinski definition) is 1. The molecule has 0 radical (unpaired) electrons. The third-order valence-corrected chi connectivity index (χ3v) is 5.33. The summed E-state index contributed by atoms with van der Waals surface area (Å²) >= 11 is 5.95. The molecule has 2 aromatic rings. The van der Waals surface area contributed by atoms with Crippen LogP contribution in [0.15, 0.2) is 28.7 Å². The van der Waals surface area contributed by atoms with Gasteiger partial charge >= 0.3 is 5.97 Å². The fourth-order valence-corrected chi connectivity index (χ4v) is 4.27. The molecule has 0 bridgehead atoms. The van der Waals surface area contributed by atoms with Gasteiger partial charge in [-0.05, 0) is 48.9 Å². The summed E-state index contributed by atoms with van der Waals surface area (Å²) in [5, 5.41) is 10.9. The molecule has 1 saturated carbocycles. The lowest BCUT2D eigenvalue weighted by Crippen LogP contribution is -2.43. The van der Waals surface area contributed by atoms with Crippen LogP contribution in [-0.4, -0.2) is 34.5 Å². The van der Waals surface area contributed by atoms with Gasteiger partial charge in [-0.3, -0.25) is 4.79 Å². The first-order valence-electron chi connectivity index (χ1n) is 7.77. The normalized spacial score (nSPS) is 26.7. The van der Waals surface area contributed by atoms with Gasteiger partial charge in [0.25, 0.3) is 5.91 Å². The molecule has 1 N–H and O–H groups in total. The summed E-state index contributed by atoms with van der Waals surface area (Å²) in [6.45, 7) is 0.498. The van der Waals surface area contributed by atoms with Crippen molar-refractivity contribution in [2.24, 2.45) is 11.8 Å². The number of amides is 1. The monoisotopic (exact) mass is 333 g/mol. The number of furan rings is 1. The summed E-state index contributed by atoms with van der Waals surface area (Å²) < 4.78 is 5.60. The largest absolute Gasteiger partial charge is 0.480 e. The van der Waals surface area contributed by atoms with Crippen LogP contribution < -0.4 is 0 Å². The Morgan fingerprint density at radius 3 is 2.87 bits per heavy atom. The quantitative estimate of drug-likeness (QED) is 0.914.